The van der Waals surface area contributed by atoms with Crippen molar-refractivity contribution in [2.24, 2.45) is 24.8 Å². The lowest BCUT2D eigenvalue weighted by atomic mass is 9.88. The molecule has 3 aliphatic rings. The molecule has 1 heterocycles. The molecule has 0 amide bonds. The first-order chi connectivity index (χ1) is 9.63. The Balaban J connectivity index is 1.65. The fraction of sp³-hybridized carbons (Fsp3) is 0.750. The third kappa shape index (κ3) is 1.73. The highest BCUT2D eigenvalue weighted by molar-refractivity contribution is 5.70. The Labute approximate surface area is 119 Å². The van der Waals surface area contributed by atoms with Gasteiger partial charge in [-0.25, -0.2) is 4.98 Å². The van der Waals surface area contributed by atoms with Crippen LogP contribution in [0.25, 0.3) is 0 Å². The SMILES string of the molecule is Cn1c(C2CC3CCC2C3)nc2c1CCC(C(=O)O)C2. The molecule has 3 aliphatic carbocycles. The maximum Gasteiger partial charge on any atom is 0.306 e. The van der Waals surface area contributed by atoms with Gasteiger partial charge in [0.05, 0.1) is 11.6 Å². The van der Waals surface area contributed by atoms with Gasteiger partial charge >= 0.3 is 5.97 Å². The number of aromatic nitrogens is 2. The number of hydrogen-bond acceptors (Lipinski definition) is 2. The Morgan fingerprint density at radius 2 is 2.15 bits per heavy atom. The fourth-order valence-corrected chi connectivity index (χ4v) is 4.83. The van der Waals surface area contributed by atoms with Gasteiger partial charge in [0.1, 0.15) is 5.82 Å². The van der Waals surface area contributed by atoms with Gasteiger partial charge in [0.25, 0.3) is 0 Å². The van der Waals surface area contributed by atoms with Gasteiger partial charge in [0.15, 0.2) is 0 Å². The molecular weight excluding hydrogens is 252 g/mol. The number of nitrogens with zero attached hydrogens (tertiary/aromatic N) is 2. The van der Waals surface area contributed by atoms with Crippen molar-refractivity contribution >= 4 is 5.97 Å². The quantitative estimate of drug-likeness (QED) is 0.901. The predicted molar refractivity (Wildman–Crippen MR) is 74.5 cm³/mol. The zero-order chi connectivity index (χ0) is 13.9. The maximum atomic E-state index is 11.2. The summed E-state index contributed by atoms with van der Waals surface area (Å²) in [6.45, 7) is 0. The van der Waals surface area contributed by atoms with Gasteiger partial charge in [-0.15, -0.1) is 0 Å². The van der Waals surface area contributed by atoms with Crippen LogP contribution in [0.3, 0.4) is 0 Å². The number of carboxylic acids is 1. The van der Waals surface area contributed by atoms with E-state index in [1.54, 1.807) is 0 Å². The van der Waals surface area contributed by atoms with Crippen LogP contribution in [0.2, 0.25) is 0 Å². The second kappa shape index (κ2) is 4.34. The highest BCUT2D eigenvalue weighted by atomic mass is 16.4. The first-order valence-electron chi connectivity index (χ1n) is 7.90. The minimum Gasteiger partial charge on any atom is -0.481 e. The molecule has 2 bridgehead atoms. The lowest BCUT2D eigenvalue weighted by Crippen LogP contribution is -2.22. The van der Waals surface area contributed by atoms with Crippen LogP contribution in [0.4, 0.5) is 0 Å². The van der Waals surface area contributed by atoms with Crippen molar-refractivity contribution < 1.29 is 9.90 Å². The van der Waals surface area contributed by atoms with Crippen molar-refractivity contribution in [2.45, 2.75) is 50.9 Å². The summed E-state index contributed by atoms with van der Waals surface area (Å²) in [6, 6.07) is 0. The van der Waals surface area contributed by atoms with E-state index < -0.39 is 5.97 Å². The molecule has 2 fully saturated rings. The largest absolute Gasteiger partial charge is 0.481 e. The Hall–Kier alpha value is -1.32. The smallest absolute Gasteiger partial charge is 0.306 e. The van der Waals surface area contributed by atoms with Crippen LogP contribution in [-0.2, 0) is 24.7 Å². The number of carbonyl (C=O) groups is 1. The highest BCUT2D eigenvalue weighted by Crippen LogP contribution is 2.52. The van der Waals surface area contributed by atoms with Crippen molar-refractivity contribution in [1.29, 1.82) is 0 Å². The predicted octanol–water partition coefficient (Wildman–Crippen LogP) is 2.51. The number of imidazole rings is 1. The van der Waals surface area contributed by atoms with E-state index in [4.69, 9.17) is 4.98 Å². The molecule has 0 spiro atoms. The molecule has 4 nitrogen and oxygen atoms in total. The van der Waals surface area contributed by atoms with Gasteiger partial charge in [-0.05, 0) is 43.9 Å². The van der Waals surface area contributed by atoms with E-state index in [0.717, 1.165) is 30.4 Å². The molecular formula is C16H22N2O2. The lowest BCUT2D eigenvalue weighted by Gasteiger charge is -2.21. The molecule has 108 valence electrons. The van der Waals surface area contributed by atoms with Crippen LogP contribution in [0, 0.1) is 17.8 Å². The summed E-state index contributed by atoms with van der Waals surface area (Å²) in [5.74, 6) is 2.73. The summed E-state index contributed by atoms with van der Waals surface area (Å²) >= 11 is 0. The first kappa shape index (κ1) is 12.4. The minimum absolute atomic E-state index is 0.231. The molecule has 20 heavy (non-hydrogen) atoms. The Morgan fingerprint density at radius 3 is 2.80 bits per heavy atom. The van der Waals surface area contributed by atoms with Crippen molar-refractivity contribution in [3.05, 3.63) is 17.2 Å². The summed E-state index contributed by atoms with van der Waals surface area (Å²) in [6.07, 6.45) is 7.72. The first-order valence-corrected chi connectivity index (χ1v) is 7.90. The molecule has 1 aromatic heterocycles. The molecule has 0 radical (unpaired) electrons. The standard InChI is InChI=1S/C16H22N2O2/c1-18-14-5-4-11(16(19)20)8-13(14)17-15(18)12-7-9-2-3-10(12)6-9/h9-12H,2-8H2,1H3,(H,19,20). The Morgan fingerprint density at radius 1 is 1.30 bits per heavy atom. The third-order valence-corrected chi connectivity index (χ3v) is 5.92. The van der Waals surface area contributed by atoms with Crippen molar-refractivity contribution in [2.75, 3.05) is 0 Å². The molecule has 2 saturated carbocycles. The number of rotatable bonds is 2. The van der Waals surface area contributed by atoms with Gasteiger partial charge in [0, 0.05) is 25.1 Å². The molecule has 4 heteroatoms. The van der Waals surface area contributed by atoms with E-state index in [-0.39, 0.29) is 5.92 Å². The van der Waals surface area contributed by atoms with Crippen LogP contribution in [0.5, 0.6) is 0 Å². The van der Waals surface area contributed by atoms with E-state index in [2.05, 4.69) is 11.6 Å². The molecule has 4 rings (SSSR count). The average molecular weight is 274 g/mol. The molecule has 0 aromatic carbocycles. The topological polar surface area (TPSA) is 55.1 Å². The zero-order valence-corrected chi connectivity index (χ0v) is 12.0. The summed E-state index contributed by atoms with van der Waals surface area (Å²) in [4.78, 5) is 16.1. The van der Waals surface area contributed by atoms with E-state index in [1.165, 1.54) is 37.2 Å². The van der Waals surface area contributed by atoms with E-state index in [1.807, 2.05) is 0 Å². The van der Waals surface area contributed by atoms with E-state index in [0.29, 0.717) is 12.3 Å². The number of hydrogen-bond donors (Lipinski definition) is 1. The van der Waals surface area contributed by atoms with Crippen LogP contribution >= 0.6 is 0 Å². The van der Waals surface area contributed by atoms with Crippen LogP contribution < -0.4 is 0 Å². The Kier molecular flexibility index (Phi) is 2.69. The lowest BCUT2D eigenvalue weighted by molar-refractivity contribution is -0.142. The second-order valence-corrected chi connectivity index (χ2v) is 6.98. The number of fused-ring (bicyclic) bond motifs is 3. The van der Waals surface area contributed by atoms with E-state index in [9.17, 15) is 9.90 Å². The Bertz CT molecular complexity index is 563. The molecule has 1 N–H and O–H groups in total. The monoisotopic (exact) mass is 274 g/mol. The highest BCUT2D eigenvalue weighted by Gasteiger charge is 2.43. The van der Waals surface area contributed by atoms with Crippen LogP contribution in [0.1, 0.15) is 55.2 Å². The fourth-order valence-electron chi connectivity index (χ4n) is 4.83. The second-order valence-electron chi connectivity index (χ2n) is 6.98. The molecule has 4 unspecified atom stereocenters. The summed E-state index contributed by atoms with van der Waals surface area (Å²) in [5.41, 5.74) is 2.35. The van der Waals surface area contributed by atoms with Crippen molar-refractivity contribution in [3.63, 3.8) is 0 Å². The molecule has 1 aromatic rings. The van der Waals surface area contributed by atoms with E-state index >= 15 is 0 Å². The number of carboxylic acid groups (broad SMARTS) is 1. The van der Waals surface area contributed by atoms with Gasteiger partial charge in [-0.1, -0.05) is 6.42 Å². The van der Waals surface area contributed by atoms with Gasteiger partial charge in [0.2, 0.25) is 0 Å². The maximum absolute atomic E-state index is 11.2. The molecule has 0 aliphatic heterocycles. The summed E-state index contributed by atoms with van der Waals surface area (Å²) in [5, 5.41) is 9.20. The van der Waals surface area contributed by atoms with Crippen LogP contribution in [-0.4, -0.2) is 20.6 Å². The summed E-state index contributed by atoms with van der Waals surface area (Å²) in [7, 11) is 2.13. The normalized spacial score (nSPS) is 35.2. The van der Waals surface area contributed by atoms with Crippen LogP contribution in [0.15, 0.2) is 0 Å². The van der Waals surface area contributed by atoms with Gasteiger partial charge < -0.3 is 9.67 Å². The van der Waals surface area contributed by atoms with Gasteiger partial charge in [-0.2, -0.15) is 0 Å². The molecule has 4 atom stereocenters. The summed E-state index contributed by atoms with van der Waals surface area (Å²) < 4.78 is 2.29. The van der Waals surface area contributed by atoms with Crippen molar-refractivity contribution in [3.8, 4) is 0 Å². The molecule has 0 saturated heterocycles. The average Bonchev–Trinajstić information content (AvgIpc) is 3.12. The zero-order valence-electron chi connectivity index (χ0n) is 12.0. The third-order valence-electron chi connectivity index (χ3n) is 5.92. The van der Waals surface area contributed by atoms with Gasteiger partial charge in [-0.3, -0.25) is 4.79 Å². The minimum atomic E-state index is -0.664. The van der Waals surface area contributed by atoms with Crippen molar-refractivity contribution in [1.82, 2.24) is 9.55 Å². The number of aliphatic carboxylic acids is 1.